The van der Waals surface area contributed by atoms with Crippen molar-refractivity contribution in [2.24, 2.45) is 5.92 Å². The standard InChI is InChI=1S/C23H20ClN3O4/c1-14(2)20(25-22(28)19-4-3-13-29-19)23-26-21(27-31-23)15-5-9-17(10-6-15)30-18-11-7-16(24)8-12-18/h3-14,20H,1-2H3,(H,25,28). The lowest BCUT2D eigenvalue weighted by Gasteiger charge is -2.17. The molecule has 1 amide bonds. The van der Waals surface area contributed by atoms with Crippen LogP contribution in [-0.4, -0.2) is 16.0 Å². The number of furan rings is 1. The molecule has 0 saturated carbocycles. The van der Waals surface area contributed by atoms with E-state index < -0.39 is 6.04 Å². The number of benzene rings is 2. The van der Waals surface area contributed by atoms with Gasteiger partial charge in [0.1, 0.15) is 17.5 Å². The van der Waals surface area contributed by atoms with Crippen LogP contribution >= 0.6 is 11.6 Å². The molecule has 4 rings (SSSR count). The summed E-state index contributed by atoms with van der Waals surface area (Å²) in [6, 6.07) is 17.2. The van der Waals surface area contributed by atoms with Crippen LogP contribution in [0.15, 0.2) is 75.9 Å². The largest absolute Gasteiger partial charge is 0.459 e. The number of hydrogen-bond donors (Lipinski definition) is 1. The van der Waals surface area contributed by atoms with Crippen LogP contribution in [-0.2, 0) is 0 Å². The summed E-state index contributed by atoms with van der Waals surface area (Å²) in [4.78, 5) is 16.8. The molecule has 8 heteroatoms. The highest BCUT2D eigenvalue weighted by molar-refractivity contribution is 6.30. The number of rotatable bonds is 7. The lowest BCUT2D eigenvalue weighted by atomic mass is 10.0. The molecule has 0 aliphatic carbocycles. The van der Waals surface area contributed by atoms with Gasteiger partial charge in [-0.1, -0.05) is 30.6 Å². The maximum Gasteiger partial charge on any atom is 0.287 e. The van der Waals surface area contributed by atoms with Crippen molar-refractivity contribution in [3.8, 4) is 22.9 Å². The average molecular weight is 438 g/mol. The number of amides is 1. The van der Waals surface area contributed by atoms with Gasteiger partial charge in [0.2, 0.25) is 11.7 Å². The fourth-order valence-electron chi connectivity index (χ4n) is 2.92. The second-order valence-electron chi connectivity index (χ2n) is 7.21. The van der Waals surface area contributed by atoms with E-state index in [1.807, 2.05) is 38.1 Å². The maximum absolute atomic E-state index is 12.4. The molecule has 158 valence electrons. The molecule has 0 spiro atoms. The van der Waals surface area contributed by atoms with Gasteiger partial charge in [-0.2, -0.15) is 4.98 Å². The van der Waals surface area contributed by atoms with Crippen LogP contribution in [0.1, 0.15) is 36.3 Å². The first-order chi connectivity index (χ1) is 15.0. The molecule has 2 aromatic heterocycles. The molecule has 31 heavy (non-hydrogen) atoms. The fraction of sp³-hybridized carbons (Fsp3) is 0.174. The van der Waals surface area contributed by atoms with Crippen LogP contribution in [0.25, 0.3) is 11.4 Å². The number of nitrogens with zero attached hydrogens (tertiary/aromatic N) is 2. The Bertz CT molecular complexity index is 1140. The number of carbonyl (C=O) groups is 1. The monoisotopic (exact) mass is 437 g/mol. The fourth-order valence-corrected chi connectivity index (χ4v) is 3.05. The molecule has 2 aromatic carbocycles. The highest BCUT2D eigenvalue weighted by atomic mass is 35.5. The second kappa shape index (κ2) is 9.06. The Kier molecular flexibility index (Phi) is 6.04. The van der Waals surface area contributed by atoms with Gasteiger partial charge in [0.25, 0.3) is 5.91 Å². The van der Waals surface area contributed by atoms with Crippen LogP contribution in [0, 0.1) is 5.92 Å². The Morgan fingerprint density at radius 2 is 1.71 bits per heavy atom. The minimum absolute atomic E-state index is 0.0300. The van der Waals surface area contributed by atoms with Gasteiger partial charge < -0.3 is 19.0 Å². The van der Waals surface area contributed by atoms with Crippen molar-refractivity contribution in [2.45, 2.75) is 19.9 Å². The summed E-state index contributed by atoms with van der Waals surface area (Å²) >= 11 is 5.89. The summed E-state index contributed by atoms with van der Waals surface area (Å²) < 4.78 is 16.4. The highest BCUT2D eigenvalue weighted by Crippen LogP contribution is 2.27. The van der Waals surface area contributed by atoms with Gasteiger partial charge in [0, 0.05) is 10.6 Å². The van der Waals surface area contributed by atoms with E-state index >= 15 is 0 Å². The van der Waals surface area contributed by atoms with E-state index in [-0.39, 0.29) is 17.6 Å². The van der Waals surface area contributed by atoms with E-state index in [0.29, 0.717) is 28.2 Å². The number of ether oxygens (including phenoxy) is 1. The number of hydrogen-bond acceptors (Lipinski definition) is 6. The van der Waals surface area contributed by atoms with Crippen molar-refractivity contribution < 1.29 is 18.5 Å². The zero-order valence-corrected chi connectivity index (χ0v) is 17.7. The molecular weight excluding hydrogens is 418 g/mol. The minimum Gasteiger partial charge on any atom is -0.459 e. The molecule has 4 aromatic rings. The average Bonchev–Trinajstić information content (AvgIpc) is 3.46. The van der Waals surface area contributed by atoms with Crippen LogP contribution in [0.2, 0.25) is 5.02 Å². The Morgan fingerprint density at radius 1 is 1.03 bits per heavy atom. The molecule has 0 radical (unpaired) electrons. The van der Waals surface area contributed by atoms with Crippen molar-refractivity contribution in [1.82, 2.24) is 15.5 Å². The quantitative estimate of drug-likeness (QED) is 0.387. The molecule has 2 heterocycles. The lowest BCUT2D eigenvalue weighted by molar-refractivity contribution is 0.0885. The van der Waals surface area contributed by atoms with E-state index in [4.69, 9.17) is 25.3 Å². The van der Waals surface area contributed by atoms with Crippen LogP contribution < -0.4 is 10.1 Å². The van der Waals surface area contributed by atoms with Gasteiger partial charge >= 0.3 is 0 Å². The number of carbonyl (C=O) groups excluding carboxylic acids is 1. The number of aromatic nitrogens is 2. The Balaban J connectivity index is 1.47. The van der Waals surface area contributed by atoms with E-state index in [9.17, 15) is 4.79 Å². The summed E-state index contributed by atoms with van der Waals surface area (Å²) in [7, 11) is 0. The van der Waals surface area contributed by atoms with Crippen molar-refractivity contribution in [3.05, 3.63) is 83.6 Å². The molecule has 0 saturated heterocycles. The van der Waals surface area contributed by atoms with Gasteiger partial charge in [0.15, 0.2) is 5.76 Å². The van der Waals surface area contributed by atoms with Crippen molar-refractivity contribution in [3.63, 3.8) is 0 Å². The van der Waals surface area contributed by atoms with E-state index in [1.165, 1.54) is 6.26 Å². The predicted octanol–water partition coefficient (Wildman–Crippen LogP) is 5.90. The zero-order valence-electron chi connectivity index (χ0n) is 16.9. The van der Waals surface area contributed by atoms with E-state index in [2.05, 4.69) is 15.5 Å². The normalized spacial score (nSPS) is 12.0. The summed E-state index contributed by atoms with van der Waals surface area (Å²) in [5.41, 5.74) is 0.762. The third kappa shape index (κ3) is 4.95. The summed E-state index contributed by atoms with van der Waals surface area (Å²) in [6.07, 6.45) is 1.45. The molecule has 1 atom stereocenters. The smallest absolute Gasteiger partial charge is 0.287 e. The van der Waals surface area contributed by atoms with E-state index in [1.54, 1.807) is 36.4 Å². The third-order valence-electron chi connectivity index (χ3n) is 4.57. The van der Waals surface area contributed by atoms with Crippen molar-refractivity contribution >= 4 is 17.5 Å². The molecule has 0 bridgehead atoms. The molecule has 7 nitrogen and oxygen atoms in total. The van der Waals surface area contributed by atoms with Gasteiger partial charge in [-0.25, -0.2) is 0 Å². The maximum atomic E-state index is 12.4. The molecule has 0 aliphatic rings. The number of halogens is 1. The van der Waals surface area contributed by atoms with Crippen molar-refractivity contribution in [2.75, 3.05) is 0 Å². The van der Waals surface area contributed by atoms with Crippen LogP contribution in [0.5, 0.6) is 11.5 Å². The zero-order chi connectivity index (χ0) is 21.8. The molecule has 0 fully saturated rings. The second-order valence-corrected chi connectivity index (χ2v) is 7.65. The van der Waals surface area contributed by atoms with Crippen LogP contribution in [0.4, 0.5) is 0 Å². The SMILES string of the molecule is CC(C)C(NC(=O)c1ccco1)c1nc(-c2ccc(Oc3ccc(Cl)cc3)cc2)no1. The molecule has 0 aliphatic heterocycles. The van der Waals surface area contributed by atoms with Crippen molar-refractivity contribution in [1.29, 1.82) is 0 Å². The predicted molar refractivity (Wildman–Crippen MR) is 115 cm³/mol. The Morgan fingerprint density at radius 3 is 2.32 bits per heavy atom. The highest BCUT2D eigenvalue weighted by Gasteiger charge is 2.26. The lowest BCUT2D eigenvalue weighted by Crippen LogP contribution is -2.31. The van der Waals surface area contributed by atoms with E-state index in [0.717, 1.165) is 5.56 Å². The first kappa shape index (κ1) is 20.7. The molecular formula is C23H20ClN3O4. The molecule has 1 unspecified atom stereocenters. The minimum atomic E-state index is -0.452. The summed E-state index contributed by atoms with van der Waals surface area (Å²) in [5, 5.41) is 7.60. The van der Waals surface area contributed by atoms with Gasteiger partial charge in [0.05, 0.1) is 6.26 Å². The third-order valence-corrected chi connectivity index (χ3v) is 4.82. The summed E-state index contributed by atoms with van der Waals surface area (Å²) in [5.74, 6) is 2.01. The first-order valence-electron chi connectivity index (χ1n) is 9.71. The van der Waals surface area contributed by atoms with Crippen LogP contribution in [0.3, 0.4) is 0 Å². The number of nitrogens with one attached hydrogen (secondary N) is 1. The Hall–Kier alpha value is -3.58. The van der Waals surface area contributed by atoms with Gasteiger partial charge in [-0.3, -0.25) is 4.79 Å². The van der Waals surface area contributed by atoms with Gasteiger partial charge in [-0.05, 0) is 66.6 Å². The topological polar surface area (TPSA) is 90.4 Å². The Labute approximate surface area is 184 Å². The summed E-state index contributed by atoms with van der Waals surface area (Å²) in [6.45, 7) is 3.92. The first-order valence-corrected chi connectivity index (χ1v) is 10.1. The molecule has 1 N–H and O–H groups in total. The van der Waals surface area contributed by atoms with Gasteiger partial charge in [-0.15, -0.1) is 0 Å².